The number of phenolic OH excluding ortho intramolecular Hbond substituents is 1. The fourth-order valence-electron chi connectivity index (χ4n) is 2.76. The van der Waals surface area contributed by atoms with Crippen LogP contribution in [0.4, 0.5) is 5.69 Å². The number of hydrogen-bond donors (Lipinski definition) is 2. The Labute approximate surface area is 129 Å². The third-order valence-corrected chi connectivity index (χ3v) is 3.87. The van der Waals surface area contributed by atoms with Gasteiger partial charge >= 0.3 is 0 Å². The van der Waals surface area contributed by atoms with Crippen LogP contribution in [0.25, 0.3) is 0 Å². The molecule has 0 radical (unpaired) electrons. The minimum atomic E-state index is -0.558. The molecule has 0 aromatic heterocycles. The number of rotatable bonds is 3. The van der Waals surface area contributed by atoms with E-state index in [0.717, 1.165) is 5.56 Å². The predicted molar refractivity (Wildman–Crippen MR) is 85.4 cm³/mol. The van der Waals surface area contributed by atoms with Crippen LogP contribution in [0.15, 0.2) is 42.5 Å². The molecule has 1 amide bonds. The minimum Gasteiger partial charge on any atom is -0.508 e. The van der Waals surface area contributed by atoms with Gasteiger partial charge < -0.3 is 15.2 Å². The summed E-state index contributed by atoms with van der Waals surface area (Å²) in [4.78, 5) is 12.2. The number of carbonyl (C=O) groups is 1. The van der Waals surface area contributed by atoms with Crippen molar-refractivity contribution in [3.63, 3.8) is 0 Å². The van der Waals surface area contributed by atoms with Gasteiger partial charge in [0.2, 0.25) is 0 Å². The molecule has 3 rings (SSSR count). The van der Waals surface area contributed by atoms with Gasteiger partial charge in [-0.15, -0.1) is 0 Å². The van der Waals surface area contributed by atoms with Crippen molar-refractivity contribution in [2.45, 2.75) is 32.3 Å². The summed E-state index contributed by atoms with van der Waals surface area (Å²) in [7, 11) is 0. The Morgan fingerprint density at radius 3 is 2.77 bits per heavy atom. The van der Waals surface area contributed by atoms with E-state index in [0.29, 0.717) is 23.8 Å². The van der Waals surface area contributed by atoms with E-state index in [9.17, 15) is 9.90 Å². The van der Waals surface area contributed by atoms with Gasteiger partial charge in [0.05, 0.1) is 5.69 Å². The molecule has 1 aliphatic rings. The molecule has 0 aliphatic carbocycles. The lowest BCUT2D eigenvalue weighted by atomic mass is 9.93. The molecular weight excluding hydrogens is 278 g/mol. The molecule has 114 valence electrons. The molecule has 4 heteroatoms. The molecule has 0 saturated carbocycles. The summed E-state index contributed by atoms with van der Waals surface area (Å²) >= 11 is 0. The van der Waals surface area contributed by atoms with Crippen LogP contribution in [-0.4, -0.2) is 17.1 Å². The quantitative estimate of drug-likeness (QED) is 0.912. The van der Waals surface area contributed by atoms with E-state index >= 15 is 0 Å². The Morgan fingerprint density at radius 1 is 1.23 bits per heavy atom. The van der Waals surface area contributed by atoms with Gasteiger partial charge in [0.25, 0.3) is 5.91 Å². The second-order valence-corrected chi connectivity index (χ2v) is 5.83. The first-order valence-corrected chi connectivity index (χ1v) is 7.43. The standard InChI is InChI=1S/C18H19NO3/c1-11(2)14-6-4-3-5-12(14)9-17-18(21)19-15-10-13(20)7-8-16(15)22-17/h3-8,10-11,17,20H,9H2,1-2H3,(H,19,21). The van der Waals surface area contributed by atoms with Crippen LogP contribution in [0.1, 0.15) is 30.9 Å². The van der Waals surface area contributed by atoms with Gasteiger partial charge in [-0.1, -0.05) is 38.1 Å². The molecule has 2 N–H and O–H groups in total. The van der Waals surface area contributed by atoms with Crippen molar-refractivity contribution in [1.82, 2.24) is 0 Å². The van der Waals surface area contributed by atoms with E-state index in [1.807, 2.05) is 18.2 Å². The number of amides is 1. The van der Waals surface area contributed by atoms with Gasteiger partial charge in [-0.3, -0.25) is 4.79 Å². The van der Waals surface area contributed by atoms with E-state index < -0.39 is 6.10 Å². The normalized spacial score (nSPS) is 16.9. The lowest BCUT2D eigenvalue weighted by Crippen LogP contribution is -2.38. The highest BCUT2D eigenvalue weighted by molar-refractivity contribution is 5.98. The SMILES string of the molecule is CC(C)c1ccccc1CC1Oc2ccc(O)cc2NC1=O. The van der Waals surface area contributed by atoms with E-state index in [4.69, 9.17) is 4.74 Å². The van der Waals surface area contributed by atoms with Gasteiger partial charge in [-0.05, 0) is 29.2 Å². The topological polar surface area (TPSA) is 58.6 Å². The van der Waals surface area contributed by atoms with Crippen LogP contribution in [0.2, 0.25) is 0 Å². The van der Waals surface area contributed by atoms with Crippen molar-refractivity contribution >= 4 is 11.6 Å². The smallest absolute Gasteiger partial charge is 0.265 e. The van der Waals surface area contributed by atoms with Crippen molar-refractivity contribution in [2.24, 2.45) is 0 Å². The van der Waals surface area contributed by atoms with Gasteiger partial charge in [-0.25, -0.2) is 0 Å². The van der Waals surface area contributed by atoms with E-state index in [2.05, 4.69) is 25.2 Å². The van der Waals surface area contributed by atoms with Crippen LogP contribution in [-0.2, 0) is 11.2 Å². The Hall–Kier alpha value is -2.49. The molecule has 1 aliphatic heterocycles. The Bertz CT molecular complexity index is 709. The largest absolute Gasteiger partial charge is 0.508 e. The maximum Gasteiger partial charge on any atom is 0.265 e. The Kier molecular flexibility index (Phi) is 3.75. The van der Waals surface area contributed by atoms with Crippen LogP contribution in [0.5, 0.6) is 11.5 Å². The molecule has 22 heavy (non-hydrogen) atoms. The van der Waals surface area contributed by atoms with Crippen molar-refractivity contribution in [2.75, 3.05) is 5.32 Å². The van der Waals surface area contributed by atoms with Crippen LogP contribution < -0.4 is 10.1 Å². The first-order chi connectivity index (χ1) is 10.5. The highest BCUT2D eigenvalue weighted by Gasteiger charge is 2.28. The first-order valence-electron chi connectivity index (χ1n) is 7.43. The zero-order valence-corrected chi connectivity index (χ0v) is 12.7. The van der Waals surface area contributed by atoms with Crippen molar-refractivity contribution in [3.05, 3.63) is 53.6 Å². The Balaban J connectivity index is 1.85. The molecule has 0 spiro atoms. The predicted octanol–water partition coefficient (Wildman–Crippen LogP) is 3.46. The number of carbonyl (C=O) groups excluding carboxylic acids is 1. The number of aromatic hydroxyl groups is 1. The summed E-state index contributed by atoms with van der Waals surface area (Å²) in [6.07, 6.45) is -0.0301. The fraction of sp³-hybridized carbons (Fsp3) is 0.278. The average Bonchev–Trinajstić information content (AvgIpc) is 2.48. The van der Waals surface area contributed by atoms with Gasteiger partial charge in [-0.2, -0.15) is 0 Å². The number of benzene rings is 2. The monoisotopic (exact) mass is 297 g/mol. The second kappa shape index (κ2) is 5.72. The van der Waals surface area contributed by atoms with Gasteiger partial charge in [0.1, 0.15) is 11.5 Å². The Morgan fingerprint density at radius 2 is 2.00 bits per heavy atom. The zero-order chi connectivity index (χ0) is 15.7. The zero-order valence-electron chi connectivity index (χ0n) is 12.7. The molecule has 2 aromatic rings. The first kappa shape index (κ1) is 14.4. The number of nitrogens with one attached hydrogen (secondary N) is 1. The number of fused-ring (bicyclic) bond motifs is 1. The van der Waals surface area contributed by atoms with Crippen molar-refractivity contribution in [3.8, 4) is 11.5 Å². The van der Waals surface area contributed by atoms with E-state index in [1.54, 1.807) is 12.1 Å². The molecule has 0 bridgehead atoms. The molecule has 2 aromatic carbocycles. The number of phenols is 1. The highest BCUT2D eigenvalue weighted by atomic mass is 16.5. The summed E-state index contributed by atoms with van der Waals surface area (Å²) in [6.45, 7) is 4.28. The molecule has 4 nitrogen and oxygen atoms in total. The van der Waals surface area contributed by atoms with Gasteiger partial charge in [0, 0.05) is 12.5 Å². The van der Waals surface area contributed by atoms with Crippen LogP contribution in [0, 0.1) is 0 Å². The summed E-state index contributed by atoms with van der Waals surface area (Å²) < 4.78 is 5.81. The molecule has 0 fully saturated rings. The third-order valence-electron chi connectivity index (χ3n) is 3.87. The lowest BCUT2D eigenvalue weighted by molar-refractivity contribution is -0.123. The summed E-state index contributed by atoms with van der Waals surface area (Å²) in [5.41, 5.74) is 2.87. The average molecular weight is 297 g/mol. The third kappa shape index (κ3) is 2.77. The van der Waals surface area contributed by atoms with Gasteiger partial charge in [0.15, 0.2) is 6.10 Å². The number of ether oxygens (including phenoxy) is 1. The molecule has 0 saturated heterocycles. The molecule has 1 atom stereocenters. The highest BCUT2D eigenvalue weighted by Crippen LogP contribution is 2.33. The maximum absolute atomic E-state index is 12.2. The maximum atomic E-state index is 12.2. The summed E-state index contributed by atoms with van der Waals surface area (Å²) in [6, 6.07) is 12.8. The molecule has 1 heterocycles. The number of hydrogen-bond acceptors (Lipinski definition) is 3. The second-order valence-electron chi connectivity index (χ2n) is 5.83. The lowest BCUT2D eigenvalue weighted by Gasteiger charge is -2.27. The molecule has 1 unspecified atom stereocenters. The summed E-state index contributed by atoms with van der Waals surface area (Å²) in [5, 5.41) is 12.3. The van der Waals surface area contributed by atoms with Crippen LogP contribution in [0.3, 0.4) is 0 Å². The van der Waals surface area contributed by atoms with Crippen molar-refractivity contribution in [1.29, 1.82) is 0 Å². The molecular formula is C18H19NO3. The van der Waals surface area contributed by atoms with Crippen molar-refractivity contribution < 1.29 is 14.6 Å². The minimum absolute atomic E-state index is 0.103. The number of anilines is 1. The fourth-order valence-corrected chi connectivity index (χ4v) is 2.76. The van der Waals surface area contributed by atoms with E-state index in [-0.39, 0.29) is 11.7 Å². The van der Waals surface area contributed by atoms with Crippen LogP contribution >= 0.6 is 0 Å². The summed E-state index contributed by atoms with van der Waals surface area (Å²) in [5.74, 6) is 0.902. The van der Waals surface area contributed by atoms with E-state index in [1.165, 1.54) is 11.6 Å².